The molecule has 0 fully saturated rings. The third kappa shape index (κ3) is 75.1. The zero-order valence-corrected chi connectivity index (χ0v) is 17.2. The first-order valence-electron chi connectivity index (χ1n) is 5.02. The Morgan fingerprint density at radius 1 is 1.35 bits per heavy atom. The van der Waals surface area contributed by atoms with Crippen molar-refractivity contribution in [1.82, 2.24) is 7.78 Å². The number of hydrogen-bond donors (Lipinski definition) is 0. The second kappa shape index (κ2) is 26.1. The molecule has 7 heteroatoms. The Morgan fingerprint density at radius 2 is 1.59 bits per heavy atom. The molecule has 0 radical (unpaired) electrons. The Morgan fingerprint density at radius 3 is 1.59 bits per heavy atom. The number of nitrogens with zero attached hydrogens (tertiary/aromatic N) is 2. The summed E-state index contributed by atoms with van der Waals surface area (Å²) in [6.45, 7) is 7.12. The van der Waals surface area contributed by atoms with E-state index in [1.54, 1.807) is 7.11 Å². The molecule has 0 amide bonds. The van der Waals surface area contributed by atoms with Crippen molar-refractivity contribution in [2.45, 2.75) is 24.3 Å². The predicted octanol–water partition coefficient (Wildman–Crippen LogP) is 3.25. The summed E-state index contributed by atoms with van der Waals surface area (Å²) in [5, 5.41) is 0. The SMILES string of the molecule is C=O.CC(I)N(C)I.CCCOC.CN(C)P. The van der Waals surface area contributed by atoms with Crippen LogP contribution in [0.15, 0.2) is 0 Å². The first-order chi connectivity index (χ1) is 7.79. The molecule has 0 aliphatic carbocycles. The van der Waals surface area contributed by atoms with Crippen LogP contribution in [0.3, 0.4) is 0 Å². The molecule has 4 nitrogen and oxygen atoms in total. The van der Waals surface area contributed by atoms with Crippen LogP contribution in [0.25, 0.3) is 0 Å². The monoisotopic (exact) mass is 492 g/mol. The van der Waals surface area contributed by atoms with Gasteiger partial charge in [0, 0.05) is 36.6 Å². The summed E-state index contributed by atoms with van der Waals surface area (Å²) in [6, 6.07) is 0. The smallest absolute Gasteiger partial charge is 0.106 e. The van der Waals surface area contributed by atoms with Crippen molar-refractivity contribution in [2.75, 3.05) is 34.9 Å². The van der Waals surface area contributed by atoms with Crippen molar-refractivity contribution in [3.8, 4) is 0 Å². The number of rotatable bonds is 3. The fourth-order valence-corrected chi connectivity index (χ4v) is 0.204. The van der Waals surface area contributed by atoms with Gasteiger partial charge >= 0.3 is 0 Å². The molecule has 0 aromatic heterocycles. The van der Waals surface area contributed by atoms with Crippen LogP contribution in [0.4, 0.5) is 0 Å². The first-order valence-corrected chi connectivity index (χ1v) is 7.74. The molecule has 0 aromatic carbocycles. The summed E-state index contributed by atoms with van der Waals surface area (Å²) in [5.74, 6) is 0. The molecular formula is C10H27I2N2O2P. The van der Waals surface area contributed by atoms with E-state index in [0.717, 1.165) is 13.0 Å². The lowest BCUT2D eigenvalue weighted by molar-refractivity contribution is -0.0979. The Bertz CT molecular complexity index is 110. The molecule has 0 spiro atoms. The lowest BCUT2D eigenvalue weighted by atomic mass is 10.5. The van der Waals surface area contributed by atoms with Crippen molar-refractivity contribution in [3.05, 3.63) is 0 Å². The van der Waals surface area contributed by atoms with Gasteiger partial charge in [0.05, 0.1) is 4.05 Å². The van der Waals surface area contributed by atoms with Gasteiger partial charge in [-0.15, -0.1) is 0 Å². The molecule has 0 rings (SSSR count). The lowest BCUT2D eigenvalue weighted by Crippen LogP contribution is -2.09. The maximum absolute atomic E-state index is 8.00. The molecule has 2 unspecified atom stereocenters. The molecule has 0 aliphatic heterocycles. The van der Waals surface area contributed by atoms with Crippen LogP contribution >= 0.6 is 54.8 Å². The van der Waals surface area contributed by atoms with Gasteiger partial charge in [0.15, 0.2) is 0 Å². The lowest BCUT2D eigenvalue weighted by Gasteiger charge is -2.07. The molecular weight excluding hydrogens is 465 g/mol. The average Bonchev–Trinajstić information content (AvgIpc) is 2.22. The highest BCUT2D eigenvalue weighted by atomic mass is 127. The van der Waals surface area contributed by atoms with E-state index in [1.807, 2.05) is 25.6 Å². The summed E-state index contributed by atoms with van der Waals surface area (Å²) in [6.07, 6.45) is 1.12. The molecule has 2 atom stereocenters. The number of ether oxygens (including phenoxy) is 1. The van der Waals surface area contributed by atoms with Crippen LogP contribution in [0.1, 0.15) is 20.3 Å². The van der Waals surface area contributed by atoms with E-state index in [2.05, 4.69) is 78.9 Å². The van der Waals surface area contributed by atoms with Crippen LogP contribution in [-0.2, 0) is 9.53 Å². The van der Waals surface area contributed by atoms with E-state index >= 15 is 0 Å². The highest BCUT2D eigenvalue weighted by molar-refractivity contribution is 14.1. The quantitative estimate of drug-likeness (QED) is 0.199. The standard InChI is InChI=1S/C4H10O.C3H7I2N.C2H8NP.CH2O/c1-3-4-5-2;1-3(4)6(2)5;1-3(2)4;1-2/h3-4H2,1-2H3;3H,1-2H3;4H2,1-2H3;1H2. The normalized spacial score (nSPS) is 10.3. The van der Waals surface area contributed by atoms with Gasteiger partial charge in [-0.05, 0) is 34.5 Å². The average molecular weight is 492 g/mol. The summed E-state index contributed by atoms with van der Waals surface area (Å²) < 4.78 is 9.37. The van der Waals surface area contributed by atoms with Crippen molar-refractivity contribution in [1.29, 1.82) is 0 Å². The number of carbonyl (C=O) groups is 1. The van der Waals surface area contributed by atoms with Gasteiger partial charge in [-0.25, -0.2) is 3.11 Å². The molecule has 17 heavy (non-hydrogen) atoms. The van der Waals surface area contributed by atoms with Gasteiger partial charge < -0.3 is 9.53 Å². The Labute approximate surface area is 137 Å². The Hall–Kier alpha value is 1.44. The highest BCUT2D eigenvalue weighted by Gasteiger charge is 1.95. The molecule has 0 bridgehead atoms. The molecule has 0 N–H and O–H groups in total. The van der Waals surface area contributed by atoms with E-state index in [9.17, 15) is 0 Å². The van der Waals surface area contributed by atoms with Crippen LogP contribution in [-0.4, -0.2) is 53.5 Å². The van der Waals surface area contributed by atoms with Crippen LogP contribution in [0.2, 0.25) is 0 Å². The molecule has 0 heterocycles. The zero-order chi connectivity index (χ0) is 14.9. The van der Waals surface area contributed by atoms with E-state index in [-0.39, 0.29) is 0 Å². The zero-order valence-electron chi connectivity index (χ0n) is 11.7. The molecule has 0 aliphatic rings. The number of halogens is 2. The van der Waals surface area contributed by atoms with Crippen molar-refractivity contribution in [3.63, 3.8) is 0 Å². The van der Waals surface area contributed by atoms with Crippen LogP contribution in [0, 0.1) is 0 Å². The maximum Gasteiger partial charge on any atom is 0.106 e. The van der Waals surface area contributed by atoms with Crippen LogP contribution in [0.5, 0.6) is 0 Å². The summed E-state index contributed by atoms with van der Waals surface area (Å²) in [7, 11) is 10.2. The van der Waals surface area contributed by atoms with Gasteiger partial charge in [0.2, 0.25) is 0 Å². The van der Waals surface area contributed by atoms with Gasteiger partial charge in [-0.3, -0.25) is 4.67 Å². The molecule has 108 valence electrons. The van der Waals surface area contributed by atoms with Crippen molar-refractivity contribution >= 4 is 61.6 Å². The van der Waals surface area contributed by atoms with E-state index in [1.165, 1.54) is 0 Å². The molecule has 0 saturated carbocycles. The fraction of sp³-hybridized carbons (Fsp3) is 0.900. The third-order valence-corrected chi connectivity index (χ3v) is 3.64. The summed E-state index contributed by atoms with van der Waals surface area (Å²) >= 11 is 4.61. The number of carbonyl (C=O) groups excluding carboxylic acids is 1. The van der Waals surface area contributed by atoms with E-state index in [4.69, 9.17) is 9.53 Å². The minimum atomic E-state index is 0.642. The topological polar surface area (TPSA) is 32.8 Å². The fourth-order valence-electron chi connectivity index (χ4n) is 0.204. The predicted molar refractivity (Wildman–Crippen MR) is 98.0 cm³/mol. The number of alkyl halides is 1. The van der Waals surface area contributed by atoms with Crippen molar-refractivity contribution in [2.24, 2.45) is 0 Å². The van der Waals surface area contributed by atoms with E-state index < -0.39 is 0 Å². The second-order valence-electron chi connectivity index (χ2n) is 3.06. The summed E-state index contributed by atoms with van der Waals surface area (Å²) in [4.78, 5) is 8.00. The first kappa shape index (κ1) is 26.9. The maximum atomic E-state index is 8.00. The summed E-state index contributed by atoms with van der Waals surface area (Å²) in [5.41, 5.74) is 0. The van der Waals surface area contributed by atoms with Crippen molar-refractivity contribution < 1.29 is 9.53 Å². The Kier molecular flexibility index (Phi) is 41.3. The number of hydrogen-bond acceptors (Lipinski definition) is 4. The second-order valence-corrected chi connectivity index (χ2v) is 7.41. The van der Waals surface area contributed by atoms with Crippen LogP contribution < -0.4 is 0 Å². The minimum Gasteiger partial charge on any atom is -0.385 e. The van der Waals surface area contributed by atoms with Gasteiger partial charge in [-0.1, -0.05) is 38.9 Å². The van der Waals surface area contributed by atoms with E-state index in [0.29, 0.717) is 4.05 Å². The number of methoxy groups -OCH3 is 1. The third-order valence-electron chi connectivity index (χ3n) is 0.899. The highest BCUT2D eigenvalue weighted by Crippen LogP contribution is 2.07. The largest absolute Gasteiger partial charge is 0.385 e. The minimum absolute atomic E-state index is 0.642. The van der Waals surface area contributed by atoms with Gasteiger partial charge in [-0.2, -0.15) is 0 Å². The Balaban J connectivity index is -0.0000000705. The van der Waals surface area contributed by atoms with Gasteiger partial charge in [0.1, 0.15) is 6.79 Å². The molecule has 0 aromatic rings. The molecule has 0 saturated heterocycles. The van der Waals surface area contributed by atoms with Gasteiger partial charge in [0.25, 0.3) is 0 Å².